The molecule has 0 saturated carbocycles. The molecule has 0 unspecified atom stereocenters. The van der Waals surface area contributed by atoms with E-state index >= 15 is 0 Å². The molecule has 0 aromatic heterocycles. The molecule has 14 heavy (non-hydrogen) atoms. The number of nitrogens with two attached hydrogens (primary N) is 1. The molecule has 0 radical (unpaired) electrons. The second-order valence-electron chi connectivity index (χ2n) is 3.14. The van der Waals surface area contributed by atoms with Crippen LogP contribution in [-0.2, 0) is 0 Å². The molecular weight excluding hydrogens is 221 g/mol. The van der Waals surface area contributed by atoms with Crippen molar-refractivity contribution < 1.29 is 4.79 Å². The molecule has 2 nitrogen and oxygen atoms in total. The fourth-order valence-corrected chi connectivity index (χ4v) is 1.03. The predicted molar refractivity (Wildman–Crippen MR) is 63.5 cm³/mol. The van der Waals surface area contributed by atoms with Crippen LogP contribution in [0.1, 0.15) is 35.7 Å². The van der Waals surface area contributed by atoms with E-state index in [9.17, 15) is 4.79 Å². The number of rotatable bonds is 2. The van der Waals surface area contributed by atoms with Gasteiger partial charge < -0.3 is 5.73 Å². The summed E-state index contributed by atoms with van der Waals surface area (Å²) in [5.41, 5.74) is 6.89. The Hall–Kier alpha value is -0.730. The average Bonchev–Trinajstić information content (AvgIpc) is 2.04. The lowest BCUT2D eigenvalue weighted by atomic mass is 10.0. The average molecular weight is 236 g/mol. The van der Waals surface area contributed by atoms with Gasteiger partial charge in [-0.1, -0.05) is 26.0 Å². The smallest absolute Gasteiger partial charge is 0.248 e. The summed E-state index contributed by atoms with van der Waals surface area (Å²) in [6, 6.07) is 7.39. The summed E-state index contributed by atoms with van der Waals surface area (Å²) >= 11 is 0. The van der Waals surface area contributed by atoms with Gasteiger partial charge in [-0.25, -0.2) is 0 Å². The zero-order chi connectivity index (χ0) is 9.14. The molecule has 1 amide bonds. The van der Waals surface area contributed by atoms with Gasteiger partial charge in [0.2, 0.25) is 5.91 Å². The van der Waals surface area contributed by atoms with Crippen molar-refractivity contribution in [2.45, 2.75) is 19.8 Å². The van der Waals surface area contributed by atoms with Crippen molar-refractivity contribution in [3.05, 3.63) is 35.4 Å². The minimum absolute atomic E-state index is 0. The number of halogens is 2. The van der Waals surface area contributed by atoms with Crippen molar-refractivity contribution in [3.63, 3.8) is 0 Å². The molecule has 0 spiro atoms. The molecule has 80 valence electrons. The highest BCUT2D eigenvalue weighted by Crippen LogP contribution is 2.14. The lowest BCUT2D eigenvalue weighted by Crippen LogP contribution is -2.10. The van der Waals surface area contributed by atoms with Crippen molar-refractivity contribution in [1.82, 2.24) is 0 Å². The van der Waals surface area contributed by atoms with Crippen LogP contribution in [0.5, 0.6) is 0 Å². The van der Waals surface area contributed by atoms with Crippen LogP contribution in [0, 0.1) is 0 Å². The standard InChI is InChI=1S/C10H13NO.2ClH/c1-7(2)8-3-5-9(6-4-8)10(11)12;;/h3-7H,1-2H3,(H2,11,12);2*1H. The molecule has 0 aliphatic rings. The van der Waals surface area contributed by atoms with Crippen molar-refractivity contribution in [2.75, 3.05) is 0 Å². The topological polar surface area (TPSA) is 43.1 Å². The number of carbonyl (C=O) groups is 1. The molecule has 0 atom stereocenters. The predicted octanol–water partition coefficient (Wildman–Crippen LogP) is 2.75. The Balaban J connectivity index is 0. The molecule has 0 saturated heterocycles. The summed E-state index contributed by atoms with van der Waals surface area (Å²) in [7, 11) is 0. The number of primary amides is 1. The quantitative estimate of drug-likeness (QED) is 0.842. The Morgan fingerprint density at radius 2 is 1.57 bits per heavy atom. The van der Waals surface area contributed by atoms with E-state index in [1.165, 1.54) is 5.56 Å². The first kappa shape index (κ1) is 15.7. The normalized spacial score (nSPS) is 8.79. The lowest BCUT2D eigenvalue weighted by Gasteiger charge is -2.04. The maximum absolute atomic E-state index is 10.7. The van der Waals surface area contributed by atoms with Gasteiger partial charge in [-0.15, -0.1) is 24.8 Å². The van der Waals surface area contributed by atoms with E-state index in [1.807, 2.05) is 12.1 Å². The van der Waals surface area contributed by atoms with Crippen molar-refractivity contribution in [2.24, 2.45) is 5.73 Å². The summed E-state index contributed by atoms with van der Waals surface area (Å²) in [4.78, 5) is 10.7. The maximum atomic E-state index is 10.7. The monoisotopic (exact) mass is 235 g/mol. The summed E-state index contributed by atoms with van der Waals surface area (Å²) in [6.07, 6.45) is 0. The van der Waals surface area contributed by atoms with E-state index in [-0.39, 0.29) is 30.7 Å². The molecule has 1 aromatic carbocycles. The van der Waals surface area contributed by atoms with E-state index in [1.54, 1.807) is 12.1 Å². The Morgan fingerprint density at radius 1 is 1.14 bits per heavy atom. The second kappa shape index (κ2) is 6.68. The van der Waals surface area contributed by atoms with Crippen LogP contribution in [0.25, 0.3) is 0 Å². The van der Waals surface area contributed by atoms with Gasteiger partial charge in [-0.3, -0.25) is 4.79 Å². The first-order valence-electron chi connectivity index (χ1n) is 4.01. The van der Waals surface area contributed by atoms with Gasteiger partial charge in [0.1, 0.15) is 0 Å². The fraction of sp³-hybridized carbons (Fsp3) is 0.300. The van der Waals surface area contributed by atoms with Gasteiger partial charge in [0, 0.05) is 5.56 Å². The Bertz CT molecular complexity index is 283. The molecule has 0 fully saturated rings. The van der Waals surface area contributed by atoms with E-state index in [2.05, 4.69) is 13.8 Å². The summed E-state index contributed by atoms with van der Waals surface area (Å²) in [5.74, 6) is 0.122. The third kappa shape index (κ3) is 3.99. The number of benzene rings is 1. The number of amides is 1. The number of carbonyl (C=O) groups excluding carboxylic acids is 1. The van der Waals surface area contributed by atoms with Crippen LogP contribution in [-0.4, -0.2) is 5.91 Å². The van der Waals surface area contributed by atoms with Crippen LogP contribution in [0.15, 0.2) is 24.3 Å². The van der Waals surface area contributed by atoms with Gasteiger partial charge in [-0.2, -0.15) is 0 Å². The highest BCUT2D eigenvalue weighted by molar-refractivity contribution is 5.92. The van der Waals surface area contributed by atoms with Gasteiger partial charge in [-0.05, 0) is 23.6 Å². The van der Waals surface area contributed by atoms with E-state index < -0.39 is 0 Å². The Labute approximate surface area is 96.7 Å². The van der Waals surface area contributed by atoms with Crippen molar-refractivity contribution in [3.8, 4) is 0 Å². The molecule has 1 rings (SSSR count). The van der Waals surface area contributed by atoms with E-state index in [4.69, 9.17) is 5.73 Å². The third-order valence-electron chi connectivity index (χ3n) is 1.86. The lowest BCUT2D eigenvalue weighted by molar-refractivity contribution is 0.100. The molecule has 0 bridgehead atoms. The minimum Gasteiger partial charge on any atom is -0.366 e. The van der Waals surface area contributed by atoms with Crippen LogP contribution in [0.4, 0.5) is 0 Å². The number of hydrogen-bond donors (Lipinski definition) is 1. The van der Waals surface area contributed by atoms with Gasteiger partial charge in [0.15, 0.2) is 0 Å². The molecule has 1 aromatic rings. The fourth-order valence-electron chi connectivity index (χ4n) is 1.03. The third-order valence-corrected chi connectivity index (χ3v) is 1.86. The summed E-state index contributed by atoms with van der Waals surface area (Å²) in [5, 5.41) is 0. The first-order valence-corrected chi connectivity index (χ1v) is 4.01. The highest BCUT2D eigenvalue weighted by Gasteiger charge is 2.01. The van der Waals surface area contributed by atoms with Crippen LogP contribution in [0.2, 0.25) is 0 Å². The molecule has 0 aliphatic carbocycles. The maximum Gasteiger partial charge on any atom is 0.248 e. The van der Waals surface area contributed by atoms with Gasteiger partial charge in [0.05, 0.1) is 0 Å². The first-order chi connectivity index (χ1) is 5.61. The zero-order valence-electron chi connectivity index (χ0n) is 8.19. The molecule has 0 aliphatic heterocycles. The van der Waals surface area contributed by atoms with Crippen LogP contribution < -0.4 is 5.73 Å². The van der Waals surface area contributed by atoms with Gasteiger partial charge >= 0.3 is 0 Å². The van der Waals surface area contributed by atoms with Crippen molar-refractivity contribution >= 4 is 30.7 Å². The van der Waals surface area contributed by atoms with E-state index in [0.717, 1.165) is 0 Å². The summed E-state index contributed by atoms with van der Waals surface area (Å²) < 4.78 is 0. The molecule has 2 N–H and O–H groups in total. The van der Waals surface area contributed by atoms with Crippen LogP contribution >= 0.6 is 24.8 Å². The second-order valence-corrected chi connectivity index (χ2v) is 3.14. The Kier molecular flexibility index (Phi) is 7.51. The van der Waals surface area contributed by atoms with Crippen LogP contribution in [0.3, 0.4) is 0 Å². The zero-order valence-corrected chi connectivity index (χ0v) is 9.82. The minimum atomic E-state index is -0.370. The highest BCUT2D eigenvalue weighted by atomic mass is 35.5. The van der Waals surface area contributed by atoms with Gasteiger partial charge in [0.25, 0.3) is 0 Å². The summed E-state index contributed by atoms with van der Waals surface area (Å²) in [6.45, 7) is 4.22. The SMILES string of the molecule is CC(C)c1ccc(C(N)=O)cc1.Cl.Cl. The molecule has 4 heteroatoms. The van der Waals surface area contributed by atoms with E-state index in [0.29, 0.717) is 11.5 Å². The number of hydrogen-bond acceptors (Lipinski definition) is 1. The largest absolute Gasteiger partial charge is 0.366 e. The molecule has 0 heterocycles. The van der Waals surface area contributed by atoms with Crippen molar-refractivity contribution in [1.29, 1.82) is 0 Å². The Morgan fingerprint density at radius 3 is 1.86 bits per heavy atom. The molecular formula is C10H15Cl2NO.